The van der Waals surface area contributed by atoms with E-state index in [4.69, 9.17) is 0 Å². The molecule has 2 amide bonds. The Hall–Kier alpha value is -1.26. The van der Waals surface area contributed by atoms with Crippen LogP contribution in [0.4, 0.5) is 4.79 Å². The van der Waals surface area contributed by atoms with Crippen LogP contribution in [-0.4, -0.2) is 43.1 Å². The summed E-state index contributed by atoms with van der Waals surface area (Å²) < 4.78 is 4.67. The monoisotopic (exact) mass is 282 g/mol. The Kier molecular flexibility index (Phi) is 5.26. The van der Waals surface area contributed by atoms with E-state index in [1.54, 1.807) is 0 Å². The Morgan fingerprint density at radius 3 is 2.60 bits per heavy atom. The molecule has 2 unspecified atom stereocenters. The fraction of sp³-hybridized carbons (Fsp3) is 0.867. The number of likely N-dealkylation sites (tertiary alicyclic amines) is 1. The minimum Gasteiger partial charge on any atom is -0.453 e. The Labute approximate surface area is 121 Å². The van der Waals surface area contributed by atoms with Gasteiger partial charge in [-0.25, -0.2) is 4.79 Å². The Balaban J connectivity index is 1.93. The summed E-state index contributed by atoms with van der Waals surface area (Å²) in [6.07, 6.45) is 5.88. The summed E-state index contributed by atoms with van der Waals surface area (Å²) in [5.41, 5.74) is 0. The molecule has 0 aromatic carbocycles. The SMILES string of the molecule is CCCC(=O)N1CC(CC2CC2)CC(NC(=O)OC)C1. The molecule has 0 radical (unpaired) electrons. The van der Waals surface area contributed by atoms with Gasteiger partial charge in [0.2, 0.25) is 5.91 Å². The van der Waals surface area contributed by atoms with Crippen LogP contribution >= 0.6 is 0 Å². The van der Waals surface area contributed by atoms with Crippen LogP contribution in [-0.2, 0) is 9.53 Å². The lowest BCUT2D eigenvalue weighted by atomic mass is 9.89. The molecular formula is C15H26N2O3. The Morgan fingerprint density at radius 2 is 2.00 bits per heavy atom. The first-order valence-corrected chi connectivity index (χ1v) is 7.74. The molecule has 5 nitrogen and oxygen atoms in total. The average molecular weight is 282 g/mol. The number of rotatable bonds is 5. The second-order valence-corrected chi connectivity index (χ2v) is 6.16. The van der Waals surface area contributed by atoms with Gasteiger partial charge in [-0.05, 0) is 31.1 Å². The van der Waals surface area contributed by atoms with Crippen molar-refractivity contribution in [1.29, 1.82) is 0 Å². The van der Waals surface area contributed by atoms with Gasteiger partial charge < -0.3 is 15.0 Å². The van der Waals surface area contributed by atoms with Gasteiger partial charge >= 0.3 is 6.09 Å². The molecule has 1 saturated heterocycles. The lowest BCUT2D eigenvalue weighted by Crippen LogP contribution is -2.52. The van der Waals surface area contributed by atoms with Crippen LogP contribution in [0.2, 0.25) is 0 Å². The molecule has 1 aliphatic carbocycles. The second-order valence-electron chi connectivity index (χ2n) is 6.16. The zero-order chi connectivity index (χ0) is 14.5. The highest BCUT2D eigenvalue weighted by atomic mass is 16.5. The molecule has 1 aliphatic heterocycles. The molecule has 0 spiro atoms. The van der Waals surface area contributed by atoms with Crippen molar-refractivity contribution in [2.75, 3.05) is 20.2 Å². The number of methoxy groups -OCH3 is 1. The van der Waals surface area contributed by atoms with Crippen LogP contribution in [0.1, 0.15) is 45.4 Å². The molecule has 2 aliphatic rings. The number of alkyl carbamates (subject to hydrolysis) is 1. The van der Waals surface area contributed by atoms with Crippen molar-refractivity contribution < 1.29 is 14.3 Å². The number of piperidine rings is 1. The van der Waals surface area contributed by atoms with Crippen LogP contribution < -0.4 is 5.32 Å². The highest BCUT2D eigenvalue weighted by Crippen LogP contribution is 2.37. The van der Waals surface area contributed by atoms with Crippen molar-refractivity contribution >= 4 is 12.0 Å². The molecule has 2 fully saturated rings. The number of ether oxygens (including phenoxy) is 1. The fourth-order valence-electron chi connectivity index (χ4n) is 3.11. The summed E-state index contributed by atoms with van der Waals surface area (Å²) >= 11 is 0. The van der Waals surface area contributed by atoms with Crippen LogP contribution in [0.15, 0.2) is 0 Å². The molecule has 0 aromatic heterocycles. The number of carbonyl (C=O) groups is 2. The van der Waals surface area contributed by atoms with Crippen molar-refractivity contribution in [3.63, 3.8) is 0 Å². The molecule has 114 valence electrons. The normalized spacial score (nSPS) is 26.2. The smallest absolute Gasteiger partial charge is 0.407 e. The number of hydrogen-bond acceptors (Lipinski definition) is 3. The number of nitrogens with zero attached hydrogens (tertiary/aromatic N) is 1. The molecule has 1 N–H and O–H groups in total. The van der Waals surface area contributed by atoms with Gasteiger partial charge in [-0.2, -0.15) is 0 Å². The van der Waals surface area contributed by atoms with Crippen molar-refractivity contribution in [2.24, 2.45) is 11.8 Å². The van der Waals surface area contributed by atoms with Gasteiger partial charge in [-0.3, -0.25) is 4.79 Å². The third-order valence-corrected chi connectivity index (χ3v) is 4.22. The lowest BCUT2D eigenvalue weighted by Gasteiger charge is -2.38. The summed E-state index contributed by atoms with van der Waals surface area (Å²) in [6, 6.07) is 0.0285. The molecule has 0 aromatic rings. The summed E-state index contributed by atoms with van der Waals surface area (Å²) in [6.45, 7) is 3.50. The largest absolute Gasteiger partial charge is 0.453 e. The molecule has 5 heteroatoms. The van der Waals surface area contributed by atoms with E-state index in [-0.39, 0.29) is 11.9 Å². The van der Waals surface area contributed by atoms with E-state index in [2.05, 4.69) is 10.1 Å². The number of nitrogens with one attached hydrogen (secondary N) is 1. The van der Waals surface area contributed by atoms with E-state index in [9.17, 15) is 9.59 Å². The Morgan fingerprint density at radius 1 is 1.25 bits per heavy atom. The van der Waals surface area contributed by atoms with Crippen LogP contribution in [0.25, 0.3) is 0 Å². The predicted octanol–water partition coefficient (Wildman–Crippen LogP) is 2.16. The van der Waals surface area contributed by atoms with Gasteiger partial charge in [-0.1, -0.05) is 19.8 Å². The first-order valence-electron chi connectivity index (χ1n) is 7.74. The van der Waals surface area contributed by atoms with Gasteiger partial charge in [0.25, 0.3) is 0 Å². The highest BCUT2D eigenvalue weighted by molar-refractivity contribution is 5.76. The van der Waals surface area contributed by atoms with E-state index in [1.165, 1.54) is 26.4 Å². The maximum Gasteiger partial charge on any atom is 0.407 e. The number of hydrogen-bond donors (Lipinski definition) is 1. The first-order chi connectivity index (χ1) is 9.62. The maximum atomic E-state index is 12.1. The third kappa shape index (κ3) is 4.39. The number of amides is 2. The Bertz CT molecular complexity index is 355. The standard InChI is InChI=1S/C15H26N2O3/c1-3-4-14(18)17-9-12(7-11-5-6-11)8-13(10-17)16-15(19)20-2/h11-13H,3-10H2,1-2H3,(H,16,19). The predicted molar refractivity (Wildman–Crippen MR) is 76.3 cm³/mol. The summed E-state index contributed by atoms with van der Waals surface area (Å²) in [4.78, 5) is 25.4. The number of carbonyl (C=O) groups excluding carboxylic acids is 2. The average Bonchev–Trinajstić information content (AvgIpc) is 3.22. The molecule has 2 atom stereocenters. The molecule has 20 heavy (non-hydrogen) atoms. The topological polar surface area (TPSA) is 58.6 Å². The summed E-state index contributed by atoms with van der Waals surface area (Å²) in [7, 11) is 1.37. The summed E-state index contributed by atoms with van der Waals surface area (Å²) in [5.74, 6) is 1.57. The zero-order valence-electron chi connectivity index (χ0n) is 12.6. The van der Waals surface area contributed by atoms with Crippen molar-refractivity contribution in [3.05, 3.63) is 0 Å². The molecule has 2 rings (SSSR count). The van der Waals surface area contributed by atoms with Gasteiger partial charge in [0, 0.05) is 19.5 Å². The minimum absolute atomic E-state index is 0.0285. The third-order valence-electron chi connectivity index (χ3n) is 4.22. The van der Waals surface area contributed by atoms with Crippen molar-refractivity contribution in [3.8, 4) is 0 Å². The van der Waals surface area contributed by atoms with Gasteiger partial charge in [0.15, 0.2) is 0 Å². The quantitative estimate of drug-likeness (QED) is 0.840. The van der Waals surface area contributed by atoms with Crippen LogP contribution in [0.5, 0.6) is 0 Å². The van der Waals surface area contributed by atoms with Gasteiger partial charge in [0.1, 0.15) is 0 Å². The first kappa shape index (κ1) is 15.1. The molecule has 1 heterocycles. The molecule has 1 saturated carbocycles. The van der Waals surface area contributed by atoms with Crippen LogP contribution in [0, 0.1) is 11.8 Å². The van der Waals surface area contributed by atoms with E-state index in [0.717, 1.165) is 25.3 Å². The second kappa shape index (κ2) is 6.95. The van der Waals surface area contributed by atoms with Crippen LogP contribution in [0.3, 0.4) is 0 Å². The fourth-order valence-corrected chi connectivity index (χ4v) is 3.11. The maximum absolute atomic E-state index is 12.1. The van der Waals surface area contributed by atoms with Gasteiger partial charge in [-0.15, -0.1) is 0 Å². The molecule has 0 bridgehead atoms. The molecular weight excluding hydrogens is 256 g/mol. The lowest BCUT2D eigenvalue weighted by molar-refractivity contribution is -0.133. The van der Waals surface area contributed by atoms with E-state index in [1.807, 2.05) is 11.8 Å². The highest BCUT2D eigenvalue weighted by Gasteiger charge is 2.34. The van der Waals surface area contributed by atoms with Gasteiger partial charge in [0.05, 0.1) is 13.2 Å². The van der Waals surface area contributed by atoms with Crippen molar-refractivity contribution in [2.45, 2.75) is 51.5 Å². The van der Waals surface area contributed by atoms with E-state index >= 15 is 0 Å². The minimum atomic E-state index is -0.398. The van der Waals surface area contributed by atoms with E-state index in [0.29, 0.717) is 18.9 Å². The van der Waals surface area contributed by atoms with E-state index < -0.39 is 6.09 Å². The zero-order valence-corrected chi connectivity index (χ0v) is 12.6. The van der Waals surface area contributed by atoms with Crippen molar-refractivity contribution in [1.82, 2.24) is 10.2 Å². The summed E-state index contributed by atoms with van der Waals surface area (Å²) in [5, 5.41) is 2.86.